The molecule has 0 spiro atoms. The summed E-state index contributed by atoms with van der Waals surface area (Å²) in [6.45, 7) is 3.74. The molecule has 0 radical (unpaired) electrons. The average molecular weight is 317 g/mol. The van der Waals surface area contributed by atoms with Gasteiger partial charge in [0.15, 0.2) is 0 Å². The lowest BCUT2D eigenvalue weighted by molar-refractivity contribution is 0.0596. The first-order valence-corrected chi connectivity index (χ1v) is 7.27. The standard InChI is InChI=1S/C16H19N3O4/c1-4-5-11-7-10(8-13(20)18-11)15(21)19-12-6-9(2)17-14(12)16(22)23-3/h6-8,17H,4-5H2,1-3H3,(H,18,20)(H,19,21). The van der Waals surface area contributed by atoms with Gasteiger partial charge in [-0.25, -0.2) is 4.79 Å². The number of esters is 1. The van der Waals surface area contributed by atoms with Gasteiger partial charge in [-0.3, -0.25) is 9.59 Å². The first-order valence-electron chi connectivity index (χ1n) is 7.27. The Kier molecular flexibility index (Phi) is 5.00. The van der Waals surface area contributed by atoms with Crippen LogP contribution in [0.5, 0.6) is 0 Å². The fourth-order valence-electron chi connectivity index (χ4n) is 2.28. The monoisotopic (exact) mass is 317 g/mol. The summed E-state index contributed by atoms with van der Waals surface area (Å²) in [5.74, 6) is -1.04. The van der Waals surface area contributed by atoms with E-state index in [0.29, 0.717) is 23.5 Å². The first kappa shape index (κ1) is 16.5. The van der Waals surface area contributed by atoms with Crippen LogP contribution in [0.15, 0.2) is 23.0 Å². The SMILES string of the molecule is CCCc1cc(C(=O)Nc2cc(C)[nH]c2C(=O)OC)cc(=O)[nH]1. The molecule has 0 aromatic carbocycles. The molecular formula is C16H19N3O4. The number of hydrogen-bond acceptors (Lipinski definition) is 4. The third-order valence-electron chi connectivity index (χ3n) is 3.27. The molecule has 0 aliphatic rings. The van der Waals surface area contributed by atoms with Crippen molar-refractivity contribution < 1.29 is 14.3 Å². The van der Waals surface area contributed by atoms with E-state index < -0.39 is 11.9 Å². The molecule has 7 nitrogen and oxygen atoms in total. The predicted molar refractivity (Wildman–Crippen MR) is 85.9 cm³/mol. The summed E-state index contributed by atoms with van der Waals surface area (Å²) in [7, 11) is 1.26. The number of carbonyl (C=O) groups excluding carboxylic acids is 2. The van der Waals surface area contributed by atoms with Crippen molar-refractivity contribution >= 4 is 17.6 Å². The number of pyridine rings is 1. The Morgan fingerprint density at radius 1 is 1.22 bits per heavy atom. The van der Waals surface area contributed by atoms with E-state index >= 15 is 0 Å². The van der Waals surface area contributed by atoms with Gasteiger partial charge in [0.25, 0.3) is 5.91 Å². The zero-order chi connectivity index (χ0) is 17.0. The lowest BCUT2D eigenvalue weighted by Gasteiger charge is -2.07. The summed E-state index contributed by atoms with van der Waals surface area (Å²) in [6.07, 6.45) is 1.53. The number of hydrogen-bond donors (Lipinski definition) is 3. The zero-order valence-electron chi connectivity index (χ0n) is 13.3. The maximum Gasteiger partial charge on any atom is 0.356 e. The highest BCUT2D eigenvalue weighted by Crippen LogP contribution is 2.18. The van der Waals surface area contributed by atoms with Crippen molar-refractivity contribution in [2.75, 3.05) is 12.4 Å². The third-order valence-corrected chi connectivity index (χ3v) is 3.27. The van der Waals surface area contributed by atoms with Crippen LogP contribution in [-0.4, -0.2) is 29.0 Å². The van der Waals surface area contributed by atoms with Crippen LogP contribution >= 0.6 is 0 Å². The first-order chi connectivity index (χ1) is 10.9. The van der Waals surface area contributed by atoms with Gasteiger partial charge in [0, 0.05) is 23.0 Å². The van der Waals surface area contributed by atoms with E-state index in [1.807, 2.05) is 6.92 Å². The van der Waals surface area contributed by atoms with Crippen LogP contribution in [0.4, 0.5) is 5.69 Å². The fourth-order valence-corrected chi connectivity index (χ4v) is 2.28. The number of aromatic nitrogens is 2. The predicted octanol–water partition coefficient (Wildman–Crippen LogP) is 2.00. The molecule has 7 heteroatoms. The van der Waals surface area contributed by atoms with Gasteiger partial charge in [-0.1, -0.05) is 13.3 Å². The number of amides is 1. The quantitative estimate of drug-likeness (QED) is 0.734. The Hall–Kier alpha value is -2.83. The highest BCUT2D eigenvalue weighted by molar-refractivity contribution is 6.07. The lowest BCUT2D eigenvalue weighted by Crippen LogP contribution is -2.18. The van der Waals surface area contributed by atoms with Crippen molar-refractivity contribution in [2.45, 2.75) is 26.7 Å². The molecule has 0 aliphatic heterocycles. The van der Waals surface area contributed by atoms with Crippen LogP contribution < -0.4 is 10.9 Å². The molecule has 23 heavy (non-hydrogen) atoms. The summed E-state index contributed by atoms with van der Waals surface area (Å²) in [5, 5.41) is 2.64. The Bertz CT molecular complexity index is 789. The summed E-state index contributed by atoms with van der Waals surface area (Å²) in [6, 6.07) is 4.49. The molecule has 0 aliphatic carbocycles. The number of rotatable bonds is 5. The Balaban J connectivity index is 2.29. The van der Waals surface area contributed by atoms with Gasteiger partial charge in [-0.15, -0.1) is 0 Å². The topological polar surface area (TPSA) is 104 Å². The smallest absolute Gasteiger partial charge is 0.356 e. The molecule has 2 aromatic heterocycles. The van der Waals surface area contributed by atoms with Crippen molar-refractivity contribution in [3.05, 3.63) is 51.2 Å². The van der Waals surface area contributed by atoms with Crippen LogP contribution in [0.1, 0.15) is 45.6 Å². The van der Waals surface area contributed by atoms with E-state index in [1.54, 1.807) is 19.1 Å². The van der Waals surface area contributed by atoms with Crippen LogP contribution in [0, 0.1) is 6.92 Å². The second-order valence-electron chi connectivity index (χ2n) is 5.20. The number of anilines is 1. The molecule has 0 fully saturated rings. The lowest BCUT2D eigenvalue weighted by atomic mass is 10.1. The van der Waals surface area contributed by atoms with E-state index in [0.717, 1.165) is 6.42 Å². The average Bonchev–Trinajstić information content (AvgIpc) is 2.86. The molecular weight excluding hydrogens is 298 g/mol. The summed E-state index contributed by atoms with van der Waals surface area (Å²) in [5.41, 5.74) is 1.79. The van der Waals surface area contributed by atoms with Gasteiger partial charge in [0.05, 0.1) is 12.8 Å². The molecule has 122 valence electrons. The second kappa shape index (κ2) is 6.95. The molecule has 2 heterocycles. The van der Waals surface area contributed by atoms with E-state index in [-0.39, 0.29) is 16.8 Å². The van der Waals surface area contributed by atoms with Crippen LogP contribution in [0.3, 0.4) is 0 Å². The van der Waals surface area contributed by atoms with Gasteiger partial charge >= 0.3 is 5.97 Å². The largest absolute Gasteiger partial charge is 0.464 e. The van der Waals surface area contributed by atoms with Crippen molar-refractivity contribution in [1.29, 1.82) is 0 Å². The molecule has 3 N–H and O–H groups in total. The molecule has 1 amide bonds. The number of nitrogens with one attached hydrogen (secondary N) is 3. The molecule has 0 atom stereocenters. The minimum absolute atomic E-state index is 0.164. The Morgan fingerprint density at radius 3 is 2.61 bits per heavy atom. The Labute approximate surface area is 133 Å². The molecule has 0 saturated heterocycles. The van der Waals surface area contributed by atoms with Gasteiger partial charge in [-0.2, -0.15) is 0 Å². The molecule has 2 aromatic rings. The third kappa shape index (κ3) is 3.88. The van der Waals surface area contributed by atoms with Crippen molar-refractivity contribution in [2.24, 2.45) is 0 Å². The second-order valence-corrected chi connectivity index (χ2v) is 5.20. The highest BCUT2D eigenvalue weighted by Gasteiger charge is 2.18. The van der Waals surface area contributed by atoms with E-state index in [2.05, 4.69) is 20.0 Å². The zero-order valence-corrected chi connectivity index (χ0v) is 13.3. The number of methoxy groups -OCH3 is 1. The van der Waals surface area contributed by atoms with Crippen molar-refractivity contribution in [1.82, 2.24) is 9.97 Å². The van der Waals surface area contributed by atoms with Crippen molar-refractivity contribution in [3.63, 3.8) is 0 Å². The fraction of sp³-hybridized carbons (Fsp3) is 0.312. The van der Waals surface area contributed by atoms with Gasteiger partial charge in [-0.05, 0) is 25.5 Å². The normalized spacial score (nSPS) is 10.4. The minimum atomic E-state index is -0.578. The Morgan fingerprint density at radius 2 is 1.96 bits per heavy atom. The van der Waals surface area contributed by atoms with Gasteiger partial charge in [0.1, 0.15) is 5.69 Å². The summed E-state index contributed by atoms with van der Waals surface area (Å²) in [4.78, 5) is 41.2. The molecule has 0 saturated carbocycles. The highest BCUT2D eigenvalue weighted by atomic mass is 16.5. The number of carbonyl (C=O) groups is 2. The van der Waals surface area contributed by atoms with Crippen LogP contribution in [0.25, 0.3) is 0 Å². The van der Waals surface area contributed by atoms with Gasteiger partial charge in [0.2, 0.25) is 5.56 Å². The number of H-pyrrole nitrogens is 2. The van der Waals surface area contributed by atoms with Crippen LogP contribution in [0.2, 0.25) is 0 Å². The number of aromatic amines is 2. The summed E-state index contributed by atoms with van der Waals surface area (Å²) < 4.78 is 4.67. The van der Waals surface area contributed by atoms with Crippen LogP contribution in [-0.2, 0) is 11.2 Å². The van der Waals surface area contributed by atoms with E-state index in [4.69, 9.17) is 0 Å². The number of aryl methyl sites for hydroxylation is 2. The van der Waals surface area contributed by atoms with E-state index in [1.165, 1.54) is 13.2 Å². The molecule has 0 unspecified atom stereocenters. The molecule has 2 rings (SSSR count). The van der Waals surface area contributed by atoms with Crippen molar-refractivity contribution in [3.8, 4) is 0 Å². The maximum absolute atomic E-state index is 12.4. The summed E-state index contributed by atoms with van der Waals surface area (Å²) >= 11 is 0. The number of ether oxygens (including phenoxy) is 1. The van der Waals surface area contributed by atoms with E-state index in [9.17, 15) is 14.4 Å². The van der Waals surface area contributed by atoms with Gasteiger partial charge < -0.3 is 20.0 Å². The minimum Gasteiger partial charge on any atom is -0.464 e. The molecule has 0 bridgehead atoms. The maximum atomic E-state index is 12.4.